The molecule has 0 fully saturated rings. The van der Waals surface area contributed by atoms with Crippen LogP contribution in [-0.4, -0.2) is 20.6 Å². The first-order valence-corrected chi connectivity index (χ1v) is 12.4. The first kappa shape index (κ1) is 25.1. The number of aryl methyl sites for hydroxylation is 3. The van der Waals surface area contributed by atoms with Crippen LogP contribution in [0.4, 0.5) is 8.78 Å². The van der Waals surface area contributed by atoms with Crippen molar-refractivity contribution in [1.29, 1.82) is 0 Å². The highest BCUT2D eigenvalue weighted by Gasteiger charge is 2.17. The Morgan fingerprint density at radius 3 is 2.34 bits per heavy atom. The lowest BCUT2D eigenvalue weighted by Gasteiger charge is -2.12. The van der Waals surface area contributed by atoms with Crippen molar-refractivity contribution in [3.8, 4) is 11.4 Å². The molecule has 38 heavy (non-hydrogen) atoms. The second kappa shape index (κ2) is 11.3. The summed E-state index contributed by atoms with van der Waals surface area (Å²) in [6.07, 6.45) is 5.40. The Hall–Kier alpha value is -4.52. The highest BCUT2D eigenvalue weighted by Crippen LogP contribution is 2.31. The molecule has 0 aliphatic rings. The Morgan fingerprint density at radius 2 is 1.63 bits per heavy atom. The highest BCUT2D eigenvalue weighted by molar-refractivity contribution is 5.86. The van der Waals surface area contributed by atoms with Crippen molar-refractivity contribution in [2.24, 2.45) is 0 Å². The van der Waals surface area contributed by atoms with E-state index in [4.69, 9.17) is 9.84 Å². The summed E-state index contributed by atoms with van der Waals surface area (Å²) in [7, 11) is 0. The molecule has 0 saturated heterocycles. The van der Waals surface area contributed by atoms with E-state index >= 15 is 8.78 Å². The van der Waals surface area contributed by atoms with Gasteiger partial charge < -0.3 is 14.4 Å². The lowest BCUT2D eigenvalue weighted by atomic mass is 10.0. The number of carbonyl (C=O) groups is 1. The molecule has 5 aromatic rings. The van der Waals surface area contributed by atoms with E-state index in [0.717, 1.165) is 33.3 Å². The molecule has 3 aromatic carbocycles. The molecule has 0 unspecified atom stereocenters. The smallest absolute Gasteiger partial charge is 0.303 e. The first-order chi connectivity index (χ1) is 18.5. The zero-order valence-corrected chi connectivity index (χ0v) is 20.6. The number of aliphatic carboxylic acids is 1. The Bertz CT molecular complexity index is 1540. The number of hydrogen-bond acceptors (Lipinski definition) is 3. The Morgan fingerprint density at radius 1 is 0.868 bits per heavy atom. The summed E-state index contributed by atoms with van der Waals surface area (Å²) in [5.41, 5.74) is 4.72. The molecule has 0 radical (unpaired) electrons. The molecular formula is C31H26F2N2O3. The highest BCUT2D eigenvalue weighted by atomic mass is 19.1. The molecule has 2 heterocycles. The normalized spacial score (nSPS) is 11.1. The molecule has 7 heteroatoms. The second-order valence-electron chi connectivity index (χ2n) is 9.10. The molecule has 0 aliphatic heterocycles. The number of halogens is 2. The number of nitrogens with zero attached hydrogens (tertiary/aromatic N) is 2. The Labute approximate surface area is 219 Å². The predicted octanol–water partition coefficient (Wildman–Crippen LogP) is 6.69. The maximum Gasteiger partial charge on any atom is 0.303 e. The van der Waals surface area contributed by atoms with Crippen LogP contribution in [0.3, 0.4) is 0 Å². The van der Waals surface area contributed by atoms with E-state index in [2.05, 4.69) is 4.98 Å². The molecule has 0 amide bonds. The lowest BCUT2D eigenvalue weighted by molar-refractivity contribution is -0.136. The van der Waals surface area contributed by atoms with Gasteiger partial charge in [-0.05, 0) is 60.2 Å². The van der Waals surface area contributed by atoms with Crippen LogP contribution in [0.5, 0.6) is 5.75 Å². The number of aromatic nitrogens is 2. The minimum atomic E-state index is -0.862. The van der Waals surface area contributed by atoms with Gasteiger partial charge in [0, 0.05) is 42.0 Å². The molecule has 5 rings (SSSR count). The fourth-order valence-electron chi connectivity index (χ4n) is 4.53. The Kier molecular flexibility index (Phi) is 7.45. The standard InChI is InChI=1S/C31H26F2N2O3/c32-27-17-25(18-28(33)31(27)38-20-22-6-2-1-3-7-22)35-19-23(11-12-24-8-4-5-15-34-24)26-16-21(9-13-29(26)35)10-14-30(36)37/h1-9,13,15-19H,10-12,14,20H2,(H,36,37). The maximum atomic E-state index is 15.1. The van der Waals surface area contributed by atoms with Crippen molar-refractivity contribution in [3.05, 3.63) is 125 Å². The monoisotopic (exact) mass is 512 g/mol. The van der Waals surface area contributed by atoms with Crippen LogP contribution >= 0.6 is 0 Å². The molecular weight excluding hydrogens is 486 g/mol. The van der Waals surface area contributed by atoms with Crippen molar-refractivity contribution in [1.82, 2.24) is 9.55 Å². The largest absolute Gasteiger partial charge is 0.483 e. The summed E-state index contributed by atoms with van der Waals surface area (Å²) in [6, 6.07) is 23.2. The first-order valence-electron chi connectivity index (χ1n) is 12.4. The van der Waals surface area contributed by atoms with Gasteiger partial charge in [0.2, 0.25) is 0 Å². The molecule has 0 bridgehead atoms. The minimum Gasteiger partial charge on any atom is -0.483 e. The second-order valence-corrected chi connectivity index (χ2v) is 9.10. The van der Waals surface area contributed by atoms with Gasteiger partial charge in [-0.3, -0.25) is 9.78 Å². The summed E-state index contributed by atoms with van der Waals surface area (Å²) >= 11 is 0. The van der Waals surface area contributed by atoms with Crippen LogP contribution < -0.4 is 4.74 Å². The number of carboxylic acid groups (broad SMARTS) is 1. The quantitative estimate of drug-likeness (QED) is 0.227. The van der Waals surface area contributed by atoms with Crippen LogP contribution in [-0.2, 0) is 30.7 Å². The van der Waals surface area contributed by atoms with Crippen molar-refractivity contribution in [2.75, 3.05) is 0 Å². The topological polar surface area (TPSA) is 64.3 Å². The average molecular weight is 513 g/mol. The molecule has 0 aliphatic carbocycles. The molecule has 0 saturated carbocycles. The summed E-state index contributed by atoms with van der Waals surface area (Å²) in [4.78, 5) is 15.5. The summed E-state index contributed by atoms with van der Waals surface area (Å²) in [6.45, 7) is 0.0528. The average Bonchev–Trinajstić information content (AvgIpc) is 3.29. The van der Waals surface area contributed by atoms with E-state index in [0.29, 0.717) is 24.9 Å². The van der Waals surface area contributed by atoms with Crippen molar-refractivity contribution < 1.29 is 23.4 Å². The van der Waals surface area contributed by atoms with Crippen LogP contribution in [0.1, 0.15) is 28.8 Å². The molecule has 2 aromatic heterocycles. The summed E-state index contributed by atoms with van der Waals surface area (Å²) < 4.78 is 37.4. The fraction of sp³-hybridized carbons (Fsp3) is 0.161. The third-order valence-electron chi connectivity index (χ3n) is 6.44. The molecule has 0 spiro atoms. The van der Waals surface area contributed by atoms with E-state index in [9.17, 15) is 4.79 Å². The molecule has 0 atom stereocenters. The SMILES string of the molecule is O=C(O)CCc1ccc2c(c1)c(CCc1ccccn1)cn2-c1cc(F)c(OCc2ccccc2)c(F)c1. The van der Waals surface area contributed by atoms with Gasteiger partial charge in [0.1, 0.15) is 6.61 Å². The van der Waals surface area contributed by atoms with Gasteiger partial charge in [0.25, 0.3) is 0 Å². The van der Waals surface area contributed by atoms with E-state index in [1.54, 1.807) is 10.8 Å². The molecule has 1 N–H and O–H groups in total. The van der Waals surface area contributed by atoms with Gasteiger partial charge >= 0.3 is 5.97 Å². The number of benzene rings is 3. The summed E-state index contributed by atoms with van der Waals surface area (Å²) in [5.74, 6) is -2.85. The van der Waals surface area contributed by atoms with Gasteiger partial charge in [-0.25, -0.2) is 8.78 Å². The van der Waals surface area contributed by atoms with Crippen LogP contribution in [0.25, 0.3) is 16.6 Å². The van der Waals surface area contributed by atoms with E-state index < -0.39 is 23.4 Å². The van der Waals surface area contributed by atoms with Gasteiger partial charge in [0.15, 0.2) is 17.4 Å². The maximum absolute atomic E-state index is 15.1. The van der Waals surface area contributed by atoms with E-state index in [1.165, 1.54) is 12.1 Å². The number of rotatable bonds is 10. The number of fused-ring (bicyclic) bond motifs is 1. The van der Waals surface area contributed by atoms with Crippen LogP contribution in [0.2, 0.25) is 0 Å². The van der Waals surface area contributed by atoms with E-state index in [-0.39, 0.29) is 13.0 Å². The Balaban J connectivity index is 1.48. The van der Waals surface area contributed by atoms with Crippen molar-refractivity contribution in [2.45, 2.75) is 32.3 Å². The number of ether oxygens (including phenoxy) is 1. The van der Waals surface area contributed by atoms with Gasteiger partial charge in [-0.15, -0.1) is 0 Å². The van der Waals surface area contributed by atoms with Crippen molar-refractivity contribution >= 4 is 16.9 Å². The zero-order chi connectivity index (χ0) is 26.5. The predicted molar refractivity (Wildman–Crippen MR) is 142 cm³/mol. The van der Waals surface area contributed by atoms with Crippen molar-refractivity contribution in [3.63, 3.8) is 0 Å². The van der Waals surface area contributed by atoms with Crippen LogP contribution in [0.15, 0.2) is 91.3 Å². The fourth-order valence-corrected chi connectivity index (χ4v) is 4.53. The minimum absolute atomic E-state index is 0.0242. The zero-order valence-electron chi connectivity index (χ0n) is 20.6. The van der Waals surface area contributed by atoms with Gasteiger partial charge in [0.05, 0.1) is 11.2 Å². The number of carboxylic acids is 1. The summed E-state index contributed by atoms with van der Waals surface area (Å²) in [5, 5.41) is 10.0. The lowest BCUT2D eigenvalue weighted by Crippen LogP contribution is -2.02. The molecule has 192 valence electrons. The van der Waals surface area contributed by atoms with Crippen LogP contribution in [0, 0.1) is 11.6 Å². The van der Waals surface area contributed by atoms with Gasteiger partial charge in [-0.2, -0.15) is 0 Å². The number of hydrogen-bond donors (Lipinski definition) is 1. The number of pyridine rings is 1. The van der Waals surface area contributed by atoms with Gasteiger partial charge in [-0.1, -0.05) is 42.5 Å². The molecule has 5 nitrogen and oxygen atoms in total. The third kappa shape index (κ3) is 5.72. The third-order valence-corrected chi connectivity index (χ3v) is 6.44. The van der Waals surface area contributed by atoms with E-state index in [1.807, 2.05) is 72.9 Å².